The Kier molecular flexibility index (Phi) is 4.97. The highest BCUT2D eigenvalue weighted by molar-refractivity contribution is 5.54. The molecule has 0 saturated heterocycles. The lowest BCUT2D eigenvalue weighted by Gasteiger charge is -2.31. The molecule has 1 fully saturated rings. The largest absolute Gasteiger partial charge is 0.393 e. The van der Waals surface area contributed by atoms with Crippen LogP contribution >= 0.6 is 0 Å². The molecule has 0 radical (unpaired) electrons. The number of aliphatic hydroxyl groups excluding tert-OH is 1. The van der Waals surface area contributed by atoms with Gasteiger partial charge in [-0.3, -0.25) is 0 Å². The van der Waals surface area contributed by atoms with E-state index in [0.717, 1.165) is 12.8 Å². The van der Waals surface area contributed by atoms with E-state index in [1.807, 2.05) is 13.8 Å². The van der Waals surface area contributed by atoms with Crippen molar-refractivity contribution in [1.82, 2.24) is 9.97 Å². The van der Waals surface area contributed by atoms with Crippen LogP contribution in [-0.4, -0.2) is 33.3 Å². The molecule has 1 saturated carbocycles. The van der Waals surface area contributed by atoms with E-state index in [0.29, 0.717) is 29.7 Å². The average Bonchev–Trinajstić information content (AvgIpc) is 2.43. The predicted octanol–water partition coefficient (Wildman–Crippen LogP) is 2.13. The molecule has 1 aromatic heterocycles. The van der Waals surface area contributed by atoms with Crippen molar-refractivity contribution in [2.75, 3.05) is 10.6 Å². The standard InChI is InChI=1S/C15H23N5O/c1-9(2)18-15-17-8-11(7-16)14(20-15)19-12-5-4-10(3)13(21)6-12/h8-10,12-13,21H,4-6H2,1-3H3,(H2,17,18,19,20)/t10-,12-,13-/m1/s1. The summed E-state index contributed by atoms with van der Waals surface area (Å²) in [5.74, 6) is 1.39. The number of rotatable bonds is 4. The summed E-state index contributed by atoms with van der Waals surface area (Å²) in [6.07, 6.45) is 3.87. The summed E-state index contributed by atoms with van der Waals surface area (Å²) in [5.41, 5.74) is 0.428. The van der Waals surface area contributed by atoms with Crippen LogP contribution in [0, 0.1) is 17.2 Å². The van der Waals surface area contributed by atoms with Gasteiger partial charge in [0, 0.05) is 12.1 Å². The second-order valence-corrected chi connectivity index (χ2v) is 6.07. The molecule has 3 N–H and O–H groups in total. The molecule has 2 rings (SSSR count). The van der Waals surface area contributed by atoms with Gasteiger partial charge in [-0.2, -0.15) is 10.2 Å². The van der Waals surface area contributed by atoms with E-state index in [9.17, 15) is 10.4 Å². The van der Waals surface area contributed by atoms with E-state index in [4.69, 9.17) is 0 Å². The van der Waals surface area contributed by atoms with Crippen molar-refractivity contribution in [3.8, 4) is 6.07 Å². The third kappa shape index (κ3) is 4.05. The highest BCUT2D eigenvalue weighted by atomic mass is 16.3. The molecular formula is C15H23N5O. The Labute approximate surface area is 125 Å². The molecule has 6 heteroatoms. The highest BCUT2D eigenvalue weighted by Crippen LogP contribution is 2.27. The Morgan fingerprint density at radius 1 is 1.43 bits per heavy atom. The van der Waals surface area contributed by atoms with Gasteiger partial charge in [0.15, 0.2) is 0 Å². The molecular weight excluding hydrogens is 266 g/mol. The van der Waals surface area contributed by atoms with E-state index in [-0.39, 0.29) is 18.2 Å². The van der Waals surface area contributed by atoms with Crippen molar-refractivity contribution in [2.24, 2.45) is 5.92 Å². The van der Waals surface area contributed by atoms with Gasteiger partial charge in [0.05, 0.1) is 12.3 Å². The molecule has 1 aliphatic carbocycles. The van der Waals surface area contributed by atoms with Crippen molar-refractivity contribution in [3.63, 3.8) is 0 Å². The minimum absolute atomic E-state index is 0.144. The first kappa shape index (κ1) is 15.5. The van der Waals surface area contributed by atoms with E-state index >= 15 is 0 Å². The molecule has 0 spiro atoms. The first-order chi connectivity index (χ1) is 9.99. The van der Waals surface area contributed by atoms with Crippen molar-refractivity contribution in [1.29, 1.82) is 5.26 Å². The molecule has 0 unspecified atom stereocenters. The summed E-state index contributed by atoms with van der Waals surface area (Å²) < 4.78 is 0. The monoisotopic (exact) mass is 289 g/mol. The molecule has 1 aliphatic rings. The number of aliphatic hydroxyl groups is 1. The maximum Gasteiger partial charge on any atom is 0.224 e. The molecule has 21 heavy (non-hydrogen) atoms. The zero-order valence-corrected chi connectivity index (χ0v) is 12.8. The fraction of sp³-hybridized carbons (Fsp3) is 0.667. The van der Waals surface area contributed by atoms with E-state index in [1.54, 1.807) is 0 Å². The van der Waals surface area contributed by atoms with Crippen LogP contribution in [0.5, 0.6) is 0 Å². The summed E-state index contributed by atoms with van der Waals surface area (Å²) in [6, 6.07) is 2.48. The Morgan fingerprint density at radius 2 is 2.19 bits per heavy atom. The molecule has 114 valence electrons. The number of hydrogen-bond donors (Lipinski definition) is 3. The number of nitrogens with zero attached hydrogens (tertiary/aromatic N) is 3. The number of hydrogen-bond acceptors (Lipinski definition) is 6. The molecule has 1 heterocycles. The van der Waals surface area contributed by atoms with Gasteiger partial charge >= 0.3 is 0 Å². The third-order valence-electron chi connectivity index (χ3n) is 3.82. The second kappa shape index (κ2) is 6.72. The Morgan fingerprint density at radius 3 is 2.81 bits per heavy atom. The van der Waals surface area contributed by atoms with Gasteiger partial charge in [-0.1, -0.05) is 6.92 Å². The van der Waals surface area contributed by atoms with E-state index in [1.165, 1.54) is 6.20 Å². The van der Waals surface area contributed by atoms with Crippen LogP contribution in [0.4, 0.5) is 11.8 Å². The van der Waals surface area contributed by atoms with Gasteiger partial charge in [0.25, 0.3) is 0 Å². The molecule has 0 aliphatic heterocycles. The number of nitriles is 1. The first-order valence-electron chi connectivity index (χ1n) is 7.48. The summed E-state index contributed by atoms with van der Waals surface area (Å²) in [4.78, 5) is 8.52. The molecule has 0 amide bonds. The van der Waals surface area contributed by atoms with Crippen molar-refractivity contribution in [2.45, 2.75) is 58.2 Å². The molecule has 6 nitrogen and oxygen atoms in total. The van der Waals surface area contributed by atoms with Crippen LogP contribution in [0.15, 0.2) is 6.20 Å². The third-order valence-corrected chi connectivity index (χ3v) is 3.82. The average molecular weight is 289 g/mol. The second-order valence-electron chi connectivity index (χ2n) is 6.07. The smallest absolute Gasteiger partial charge is 0.224 e. The van der Waals surface area contributed by atoms with Crippen LogP contribution in [0.2, 0.25) is 0 Å². The molecule has 1 aromatic rings. The van der Waals surface area contributed by atoms with Crippen LogP contribution < -0.4 is 10.6 Å². The Bertz CT molecular complexity index is 525. The Hall–Kier alpha value is -1.87. The summed E-state index contributed by atoms with van der Waals surface area (Å²) in [5, 5.41) is 25.6. The van der Waals surface area contributed by atoms with Crippen molar-refractivity contribution < 1.29 is 5.11 Å². The number of anilines is 2. The lowest BCUT2D eigenvalue weighted by molar-refractivity contribution is 0.0739. The van der Waals surface area contributed by atoms with Gasteiger partial charge < -0.3 is 15.7 Å². The van der Waals surface area contributed by atoms with Crippen LogP contribution in [-0.2, 0) is 0 Å². The van der Waals surface area contributed by atoms with Gasteiger partial charge in [0.1, 0.15) is 17.5 Å². The summed E-state index contributed by atoms with van der Waals surface area (Å²) >= 11 is 0. The maximum atomic E-state index is 9.98. The quantitative estimate of drug-likeness (QED) is 0.786. The van der Waals surface area contributed by atoms with Gasteiger partial charge in [-0.15, -0.1) is 0 Å². The molecule has 0 bridgehead atoms. The molecule has 3 atom stereocenters. The fourth-order valence-electron chi connectivity index (χ4n) is 2.52. The van der Waals surface area contributed by atoms with Crippen LogP contribution in [0.3, 0.4) is 0 Å². The first-order valence-corrected chi connectivity index (χ1v) is 7.48. The maximum absolute atomic E-state index is 9.98. The van der Waals surface area contributed by atoms with Crippen molar-refractivity contribution >= 4 is 11.8 Å². The normalized spacial score (nSPS) is 25.4. The lowest BCUT2D eigenvalue weighted by Crippen LogP contribution is -2.35. The Balaban J connectivity index is 2.12. The minimum Gasteiger partial charge on any atom is -0.393 e. The SMILES string of the molecule is CC(C)Nc1ncc(C#N)c(N[C@@H]2CC[C@@H](C)[C@H](O)C2)n1. The summed E-state index contributed by atoms with van der Waals surface area (Å²) in [7, 11) is 0. The van der Waals surface area contributed by atoms with Crippen LogP contribution in [0.1, 0.15) is 45.6 Å². The van der Waals surface area contributed by atoms with Crippen molar-refractivity contribution in [3.05, 3.63) is 11.8 Å². The zero-order chi connectivity index (χ0) is 15.4. The predicted molar refractivity (Wildman–Crippen MR) is 81.9 cm³/mol. The van der Waals surface area contributed by atoms with E-state index < -0.39 is 0 Å². The zero-order valence-electron chi connectivity index (χ0n) is 12.8. The van der Waals surface area contributed by atoms with Crippen LogP contribution in [0.25, 0.3) is 0 Å². The van der Waals surface area contributed by atoms with E-state index in [2.05, 4.69) is 33.6 Å². The minimum atomic E-state index is -0.295. The van der Waals surface area contributed by atoms with Gasteiger partial charge in [0.2, 0.25) is 5.95 Å². The molecule has 0 aromatic carbocycles. The topological polar surface area (TPSA) is 93.9 Å². The summed E-state index contributed by atoms with van der Waals surface area (Å²) in [6.45, 7) is 6.08. The van der Waals surface area contributed by atoms with Gasteiger partial charge in [-0.25, -0.2) is 4.98 Å². The number of aromatic nitrogens is 2. The van der Waals surface area contributed by atoms with Gasteiger partial charge in [-0.05, 0) is 39.0 Å². The fourth-order valence-corrected chi connectivity index (χ4v) is 2.52. The highest BCUT2D eigenvalue weighted by Gasteiger charge is 2.26. The lowest BCUT2D eigenvalue weighted by atomic mass is 9.85. The number of nitrogens with one attached hydrogen (secondary N) is 2.